The fourth-order valence-electron chi connectivity index (χ4n) is 2.35. The first kappa shape index (κ1) is 12.9. The van der Waals surface area contributed by atoms with Crippen molar-refractivity contribution in [3.8, 4) is 0 Å². The minimum absolute atomic E-state index is 0.0723. The van der Waals surface area contributed by atoms with Gasteiger partial charge in [-0.15, -0.1) is 0 Å². The molecule has 1 aliphatic carbocycles. The first-order valence-electron chi connectivity index (χ1n) is 6.91. The number of hydrogen-bond acceptors (Lipinski definition) is 3. The predicted molar refractivity (Wildman–Crippen MR) is 75.9 cm³/mol. The average Bonchev–Trinajstić information content (AvgIpc) is 3.23. The van der Waals surface area contributed by atoms with E-state index < -0.39 is 0 Å². The van der Waals surface area contributed by atoms with E-state index >= 15 is 0 Å². The molecule has 0 bridgehead atoms. The highest BCUT2D eigenvalue weighted by Crippen LogP contribution is 2.40. The van der Waals surface area contributed by atoms with Gasteiger partial charge in [-0.2, -0.15) is 0 Å². The molecule has 20 heavy (non-hydrogen) atoms. The minimum atomic E-state index is -0.348. The molecule has 3 heteroatoms. The van der Waals surface area contributed by atoms with Crippen molar-refractivity contribution in [3.63, 3.8) is 0 Å². The normalized spacial score (nSPS) is 22.1. The quantitative estimate of drug-likeness (QED) is 0.797. The Balaban J connectivity index is 1.86. The largest absolute Gasteiger partial charge is 0.452 e. The second-order valence-corrected chi connectivity index (χ2v) is 5.33. The average molecular weight is 267 g/mol. The molecule has 1 aromatic heterocycles. The van der Waals surface area contributed by atoms with Gasteiger partial charge < -0.3 is 4.74 Å². The Labute approximate surface area is 118 Å². The zero-order chi connectivity index (χ0) is 13.9. The van der Waals surface area contributed by atoms with E-state index in [2.05, 4.69) is 11.9 Å². The summed E-state index contributed by atoms with van der Waals surface area (Å²) in [5.41, 5.74) is 1.94. The van der Waals surface area contributed by atoms with Gasteiger partial charge in [0.15, 0.2) is 6.10 Å². The highest BCUT2D eigenvalue weighted by Gasteiger charge is 2.41. The van der Waals surface area contributed by atoms with Gasteiger partial charge in [-0.05, 0) is 30.0 Å². The standard InChI is InChI=1S/C17H17NO2/c1-12-11-15(12)17(19)20-16(13-5-3-2-4-6-13)14-7-9-18-10-8-14/h2-10,12,15-16H,11H2,1H3. The number of ether oxygens (including phenoxy) is 1. The van der Waals surface area contributed by atoms with Gasteiger partial charge in [-0.3, -0.25) is 9.78 Å². The summed E-state index contributed by atoms with van der Waals surface area (Å²) in [4.78, 5) is 16.2. The number of rotatable bonds is 4. The SMILES string of the molecule is CC1CC1C(=O)OC(c1ccccc1)c1ccncc1. The maximum absolute atomic E-state index is 12.1. The molecule has 1 fully saturated rings. The molecule has 0 amide bonds. The molecule has 1 aliphatic rings. The lowest BCUT2D eigenvalue weighted by Gasteiger charge is -2.18. The molecule has 0 N–H and O–H groups in total. The van der Waals surface area contributed by atoms with E-state index in [-0.39, 0.29) is 18.0 Å². The number of carbonyl (C=O) groups is 1. The Hall–Kier alpha value is -2.16. The molecule has 1 saturated carbocycles. The highest BCUT2D eigenvalue weighted by atomic mass is 16.5. The fraction of sp³-hybridized carbons (Fsp3) is 0.294. The van der Waals surface area contributed by atoms with Crippen LogP contribution in [-0.4, -0.2) is 11.0 Å². The lowest BCUT2D eigenvalue weighted by molar-refractivity contribution is -0.149. The molecule has 2 aromatic rings. The van der Waals surface area contributed by atoms with Gasteiger partial charge in [0.1, 0.15) is 0 Å². The molecule has 3 unspecified atom stereocenters. The zero-order valence-electron chi connectivity index (χ0n) is 11.4. The van der Waals surface area contributed by atoms with Crippen LogP contribution in [0.5, 0.6) is 0 Å². The number of benzene rings is 1. The molecule has 0 aliphatic heterocycles. The summed E-state index contributed by atoms with van der Waals surface area (Å²) in [5.74, 6) is 0.433. The summed E-state index contributed by atoms with van der Waals surface area (Å²) in [5, 5.41) is 0. The summed E-state index contributed by atoms with van der Waals surface area (Å²) < 4.78 is 5.75. The van der Waals surface area contributed by atoms with Gasteiger partial charge in [-0.25, -0.2) is 0 Å². The van der Waals surface area contributed by atoms with Gasteiger partial charge in [0.2, 0.25) is 0 Å². The maximum atomic E-state index is 12.1. The molecular formula is C17H17NO2. The summed E-state index contributed by atoms with van der Waals surface area (Å²) in [6.45, 7) is 2.08. The summed E-state index contributed by atoms with van der Waals surface area (Å²) in [7, 11) is 0. The third kappa shape index (κ3) is 2.72. The number of pyridine rings is 1. The highest BCUT2D eigenvalue weighted by molar-refractivity contribution is 5.76. The Morgan fingerprint density at radius 2 is 1.75 bits per heavy atom. The third-order valence-electron chi connectivity index (χ3n) is 3.76. The molecule has 0 spiro atoms. The van der Waals surface area contributed by atoms with E-state index in [0.717, 1.165) is 17.5 Å². The van der Waals surface area contributed by atoms with E-state index in [9.17, 15) is 4.79 Å². The summed E-state index contributed by atoms with van der Waals surface area (Å²) in [6, 6.07) is 13.6. The van der Waals surface area contributed by atoms with Crippen LogP contribution < -0.4 is 0 Å². The van der Waals surface area contributed by atoms with E-state index in [0.29, 0.717) is 5.92 Å². The van der Waals surface area contributed by atoms with E-state index in [4.69, 9.17) is 4.74 Å². The van der Waals surface area contributed by atoms with Crippen LogP contribution in [0.15, 0.2) is 54.9 Å². The summed E-state index contributed by atoms with van der Waals surface area (Å²) in [6.07, 6.45) is 4.04. The van der Waals surface area contributed by atoms with Crippen LogP contribution in [0, 0.1) is 11.8 Å². The lowest BCUT2D eigenvalue weighted by atomic mass is 10.0. The van der Waals surface area contributed by atoms with Crippen LogP contribution in [0.2, 0.25) is 0 Å². The maximum Gasteiger partial charge on any atom is 0.310 e. The van der Waals surface area contributed by atoms with E-state index in [1.165, 1.54) is 0 Å². The van der Waals surface area contributed by atoms with Crippen LogP contribution >= 0.6 is 0 Å². The van der Waals surface area contributed by atoms with Crippen LogP contribution in [-0.2, 0) is 9.53 Å². The lowest BCUT2D eigenvalue weighted by Crippen LogP contribution is -2.14. The van der Waals surface area contributed by atoms with Gasteiger partial charge in [0.25, 0.3) is 0 Å². The Bertz CT molecular complexity index is 543. The van der Waals surface area contributed by atoms with E-state index in [1.54, 1.807) is 12.4 Å². The first-order chi connectivity index (χ1) is 9.75. The first-order valence-corrected chi connectivity index (χ1v) is 6.91. The van der Waals surface area contributed by atoms with Crippen molar-refractivity contribution in [3.05, 3.63) is 66.0 Å². The second kappa shape index (κ2) is 5.45. The van der Waals surface area contributed by atoms with Gasteiger partial charge in [-0.1, -0.05) is 37.3 Å². The molecule has 1 heterocycles. The Morgan fingerprint density at radius 1 is 1.15 bits per heavy atom. The van der Waals surface area contributed by atoms with Gasteiger partial charge >= 0.3 is 5.97 Å². The molecule has 3 rings (SSSR count). The monoisotopic (exact) mass is 267 g/mol. The van der Waals surface area contributed by atoms with Crippen LogP contribution in [0.25, 0.3) is 0 Å². The van der Waals surface area contributed by atoms with Crippen molar-refractivity contribution < 1.29 is 9.53 Å². The summed E-state index contributed by atoms with van der Waals surface area (Å²) >= 11 is 0. The molecule has 3 nitrogen and oxygen atoms in total. The molecular weight excluding hydrogens is 250 g/mol. The Kier molecular flexibility index (Phi) is 3.50. The second-order valence-electron chi connectivity index (χ2n) is 5.33. The fourth-order valence-corrected chi connectivity index (χ4v) is 2.35. The molecule has 0 saturated heterocycles. The van der Waals surface area contributed by atoms with E-state index in [1.807, 2.05) is 42.5 Å². The minimum Gasteiger partial charge on any atom is -0.452 e. The van der Waals surface area contributed by atoms with Crippen molar-refractivity contribution in [1.82, 2.24) is 4.98 Å². The molecule has 1 aromatic carbocycles. The number of esters is 1. The molecule has 3 atom stereocenters. The van der Waals surface area contributed by atoms with Crippen LogP contribution in [0.3, 0.4) is 0 Å². The number of carbonyl (C=O) groups excluding carboxylic acids is 1. The Morgan fingerprint density at radius 3 is 2.35 bits per heavy atom. The van der Waals surface area contributed by atoms with Crippen molar-refractivity contribution in [1.29, 1.82) is 0 Å². The van der Waals surface area contributed by atoms with Crippen molar-refractivity contribution in [2.24, 2.45) is 11.8 Å². The number of aromatic nitrogens is 1. The van der Waals surface area contributed by atoms with Crippen molar-refractivity contribution >= 4 is 5.97 Å². The third-order valence-corrected chi connectivity index (χ3v) is 3.76. The van der Waals surface area contributed by atoms with Gasteiger partial charge in [0.05, 0.1) is 5.92 Å². The van der Waals surface area contributed by atoms with Crippen molar-refractivity contribution in [2.75, 3.05) is 0 Å². The van der Waals surface area contributed by atoms with Crippen molar-refractivity contribution in [2.45, 2.75) is 19.4 Å². The van der Waals surface area contributed by atoms with Crippen LogP contribution in [0.4, 0.5) is 0 Å². The van der Waals surface area contributed by atoms with Crippen LogP contribution in [0.1, 0.15) is 30.6 Å². The topological polar surface area (TPSA) is 39.2 Å². The predicted octanol–water partition coefficient (Wildman–Crippen LogP) is 3.37. The molecule has 102 valence electrons. The number of hydrogen-bond donors (Lipinski definition) is 0. The van der Waals surface area contributed by atoms with Gasteiger partial charge in [0, 0.05) is 18.0 Å². The number of nitrogens with zero attached hydrogens (tertiary/aromatic N) is 1. The smallest absolute Gasteiger partial charge is 0.310 e. The zero-order valence-corrected chi connectivity index (χ0v) is 11.4. The molecule has 0 radical (unpaired) electrons.